The average molecular weight is 328 g/mol. The van der Waals surface area contributed by atoms with Crippen LogP contribution in [0.1, 0.15) is 20.8 Å². The highest BCUT2D eigenvalue weighted by atomic mass is 16.5. The van der Waals surface area contributed by atoms with E-state index in [4.69, 9.17) is 4.74 Å². The van der Waals surface area contributed by atoms with Crippen molar-refractivity contribution >= 4 is 7.85 Å². The molecule has 0 spiro atoms. The zero-order chi connectivity index (χ0) is 17.8. The Hall–Kier alpha value is -2.48. The molecule has 2 bridgehead atoms. The fourth-order valence-corrected chi connectivity index (χ4v) is 3.09. The highest BCUT2D eigenvalue weighted by molar-refractivity contribution is 6.25. The number of allylic oxidation sites excluding steroid dienone is 14. The summed E-state index contributed by atoms with van der Waals surface area (Å²) < 4.78 is 6.19. The second kappa shape index (κ2) is 7.61. The Morgan fingerprint density at radius 2 is 1.72 bits per heavy atom. The SMILES string of the molecule is B\C1=C/C=C\C(C)=C\OC2C=C1C=CC=C2C1=C(C)C=CC(C)C=C1. The first kappa shape index (κ1) is 17.4. The van der Waals surface area contributed by atoms with E-state index in [9.17, 15) is 0 Å². The summed E-state index contributed by atoms with van der Waals surface area (Å²) in [6.45, 7) is 6.43. The fraction of sp³-hybridized carbons (Fsp3) is 0.217. The molecule has 0 saturated carbocycles. The maximum Gasteiger partial charge on any atom is 0.142 e. The van der Waals surface area contributed by atoms with Crippen LogP contribution in [0.3, 0.4) is 0 Å². The average Bonchev–Trinajstić information content (AvgIpc) is 2.89. The van der Waals surface area contributed by atoms with Crippen LogP contribution in [-0.4, -0.2) is 14.0 Å². The highest BCUT2D eigenvalue weighted by Crippen LogP contribution is 2.30. The molecule has 0 aromatic rings. The van der Waals surface area contributed by atoms with Gasteiger partial charge in [0.15, 0.2) is 0 Å². The van der Waals surface area contributed by atoms with E-state index in [1.54, 1.807) is 0 Å². The van der Waals surface area contributed by atoms with Crippen molar-refractivity contribution in [2.24, 2.45) is 5.92 Å². The first-order chi connectivity index (χ1) is 12.0. The first-order valence-electron chi connectivity index (χ1n) is 8.90. The minimum atomic E-state index is -0.105. The molecule has 0 aromatic carbocycles. The lowest BCUT2D eigenvalue weighted by Gasteiger charge is -2.20. The third-order valence-electron chi connectivity index (χ3n) is 4.70. The normalized spacial score (nSPS) is 31.5. The third kappa shape index (κ3) is 4.14. The Balaban J connectivity index is 2.08. The Bertz CT molecular complexity index is 822. The van der Waals surface area contributed by atoms with Crippen LogP contribution in [-0.2, 0) is 4.74 Å². The molecule has 1 nitrogen and oxygen atoms in total. The molecular formula is C23H25BO. The topological polar surface area (TPSA) is 9.23 Å². The number of ether oxygens (including phenoxy) is 1. The van der Waals surface area contributed by atoms with Gasteiger partial charge >= 0.3 is 0 Å². The van der Waals surface area contributed by atoms with Gasteiger partial charge in [-0.25, -0.2) is 0 Å². The van der Waals surface area contributed by atoms with Gasteiger partial charge in [-0.05, 0) is 48.1 Å². The second-order valence-electron chi connectivity index (χ2n) is 6.90. The Kier molecular flexibility index (Phi) is 5.28. The fourth-order valence-electron chi connectivity index (χ4n) is 3.09. The van der Waals surface area contributed by atoms with Gasteiger partial charge in [-0.2, -0.15) is 0 Å². The van der Waals surface area contributed by atoms with Crippen LogP contribution in [0.4, 0.5) is 0 Å². The molecule has 0 N–H and O–H groups in total. The van der Waals surface area contributed by atoms with Gasteiger partial charge in [0.25, 0.3) is 0 Å². The molecule has 25 heavy (non-hydrogen) atoms. The third-order valence-corrected chi connectivity index (χ3v) is 4.70. The first-order valence-corrected chi connectivity index (χ1v) is 8.90. The molecule has 2 atom stereocenters. The molecule has 126 valence electrons. The summed E-state index contributed by atoms with van der Waals surface area (Å²) in [6.07, 6.45) is 25.7. The van der Waals surface area contributed by atoms with E-state index >= 15 is 0 Å². The van der Waals surface area contributed by atoms with Crippen molar-refractivity contribution in [3.05, 3.63) is 106 Å². The van der Waals surface area contributed by atoms with Gasteiger partial charge in [0.05, 0.1) is 6.26 Å². The van der Waals surface area contributed by atoms with Crippen LogP contribution in [0.2, 0.25) is 0 Å². The summed E-state index contributed by atoms with van der Waals surface area (Å²) in [5.41, 5.74) is 7.25. The molecule has 2 aliphatic carbocycles. The van der Waals surface area contributed by atoms with Gasteiger partial charge in [-0.3, -0.25) is 0 Å². The van der Waals surface area contributed by atoms with Crippen molar-refractivity contribution < 1.29 is 4.74 Å². The molecule has 1 heterocycles. The van der Waals surface area contributed by atoms with Gasteiger partial charge in [0, 0.05) is 5.57 Å². The summed E-state index contributed by atoms with van der Waals surface area (Å²) in [4.78, 5) is 0. The summed E-state index contributed by atoms with van der Waals surface area (Å²) in [6, 6.07) is 0. The van der Waals surface area contributed by atoms with E-state index in [-0.39, 0.29) is 6.10 Å². The van der Waals surface area contributed by atoms with Crippen LogP contribution in [0, 0.1) is 5.92 Å². The second-order valence-corrected chi connectivity index (χ2v) is 6.90. The zero-order valence-corrected chi connectivity index (χ0v) is 15.5. The molecular weight excluding hydrogens is 303 g/mol. The molecule has 2 heteroatoms. The standard InChI is InChI=1S/C23H25BO/c1-16-10-12-18(3)20(13-11-16)21-8-5-7-19-14-23(21)25-15-17(2)6-4-9-22(19)24/h4-16,23H,24H2,1-3H3/b6-4-,17-15+,22-9-. The quantitative estimate of drug-likeness (QED) is 0.625. The lowest BCUT2D eigenvalue weighted by atomic mass is 9.86. The maximum absolute atomic E-state index is 6.19. The van der Waals surface area contributed by atoms with E-state index in [1.807, 2.05) is 6.26 Å². The molecule has 0 saturated heterocycles. The maximum atomic E-state index is 6.19. The summed E-state index contributed by atoms with van der Waals surface area (Å²) in [7, 11) is 2.14. The van der Waals surface area contributed by atoms with Crippen molar-refractivity contribution in [1.82, 2.24) is 0 Å². The highest BCUT2D eigenvalue weighted by Gasteiger charge is 2.20. The molecule has 3 aliphatic rings. The predicted molar refractivity (Wildman–Crippen MR) is 110 cm³/mol. The molecule has 2 unspecified atom stereocenters. The number of hydrogen-bond acceptors (Lipinski definition) is 1. The zero-order valence-electron chi connectivity index (χ0n) is 15.5. The van der Waals surface area contributed by atoms with Crippen LogP contribution in [0.25, 0.3) is 0 Å². The van der Waals surface area contributed by atoms with Crippen molar-refractivity contribution in [3.8, 4) is 0 Å². The molecule has 0 radical (unpaired) electrons. The Morgan fingerprint density at radius 1 is 0.960 bits per heavy atom. The van der Waals surface area contributed by atoms with E-state index in [2.05, 4.69) is 95.5 Å². The van der Waals surface area contributed by atoms with E-state index in [0.717, 1.165) is 5.57 Å². The van der Waals surface area contributed by atoms with Crippen LogP contribution >= 0.6 is 0 Å². The van der Waals surface area contributed by atoms with E-state index in [1.165, 1.54) is 27.8 Å². The van der Waals surface area contributed by atoms with Crippen molar-refractivity contribution in [1.29, 1.82) is 0 Å². The lowest BCUT2D eigenvalue weighted by Crippen LogP contribution is -2.13. The van der Waals surface area contributed by atoms with Crippen molar-refractivity contribution in [2.45, 2.75) is 26.9 Å². The molecule has 0 amide bonds. The van der Waals surface area contributed by atoms with Crippen LogP contribution < -0.4 is 0 Å². The number of fused-ring (bicyclic) bond motifs is 1. The smallest absolute Gasteiger partial charge is 0.142 e. The summed E-state index contributed by atoms with van der Waals surface area (Å²) >= 11 is 0. The Labute approximate surface area is 152 Å². The van der Waals surface area contributed by atoms with Gasteiger partial charge in [0.2, 0.25) is 0 Å². The predicted octanol–water partition coefficient (Wildman–Crippen LogP) is 4.86. The molecule has 3 rings (SSSR count). The number of hydrogen-bond donors (Lipinski definition) is 0. The molecule has 1 aliphatic heterocycles. The molecule has 0 aromatic heterocycles. The number of rotatable bonds is 1. The molecule has 0 fully saturated rings. The van der Waals surface area contributed by atoms with Crippen LogP contribution in [0.5, 0.6) is 0 Å². The van der Waals surface area contributed by atoms with Crippen LogP contribution in [0.15, 0.2) is 106 Å². The minimum Gasteiger partial charge on any atom is -0.489 e. The minimum absolute atomic E-state index is 0.105. The van der Waals surface area contributed by atoms with Gasteiger partial charge in [-0.1, -0.05) is 73.2 Å². The lowest BCUT2D eigenvalue weighted by molar-refractivity contribution is 0.217. The van der Waals surface area contributed by atoms with Crippen molar-refractivity contribution in [2.75, 3.05) is 0 Å². The monoisotopic (exact) mass is 328 g/mol. The summed E-state index contributed by atoms with van der Waals surface area (Å²) in [5.74, 6) is 0.447. The Morgan fingerprint density at radius 3 is 2.56 bits per heavy atom. The van der Waals surface area contributed by atoms with Gasteiger partial charge in [-0.15, -0.1) is 0 Å². The van der Waals surface area contributed by atoms with Gasteiger partial charge in [0.1, 0.15) is 14.0 Å². The van der Waals surface area contributed by atoms with Gasteiger partial charge < -0.3 is 4.74 Å². The summed E-state index contributed by atoms with van der Waals surface area (Å²) in [5, 5.41) is 0. The largest absolute Gasteiger partial charge is 0.489 e. The van der Waals surface area contributed by atoms with E-state index in [0.29, 0.717) is 5.92 Å². The van der Waals surface area contributed by atoms with E-state index < -0.39 is 0 Å². The van der Waals surface area contributed by atoms with Crippen molar-refractivity contribution in [3.63, 3.8) is 0 Å².